The Hall–Kier alpha value is -1.97. The zero-order valence-electron chi connectivity index (χ0n) is 13.4. The van der Waals surface area contributed by atoms with Gasteiger partial charge < -0.3 is 15.4 Å². The Morgan fingerprint density at radius 3 is 2.12 bits per heavy atom. The summed E-state index contributed by atoms with van der Waals surface area (Å²) in [5.41, 5.74) is -5.32. The van der Waals surface area contributed by atoms with E-state index in [0.717, 1.165) is 12.1 Å². The van der Waals surface area contributed by atoms with Crippen molar-refractivity contribution >= 4 is 15.8 Å². The van der Waals surface area contributed by atoms with Crippen molar-refractivity contribution in [2.75, 3.05) is 26.2 Å². The first-order chi connectivity index (χ1) is 11.2. The Morgan fingerprint density at radius 2 is 1.67 bits per heavy atom. The third kappa shape index (κ3) is 5.59. The Morgan fingerprint density at radius 1 is 1.12 bits per heavy atom. The van der Waals surface area contributed by atoms with E-state index in [9.17, 15) is 21.6 Å². The van der Waals surface area contributed by atoms with Gasteiger partial charge in [-0.3, -0.25) is 0 Å². The fourth-order valence-corrected chi connectivity index (χ4v) is 2.44. The van der Waals surface area contributed by atoms with Crippen molar-refractivity contribution in [1.29, 1.82) is 0 Å². The van der Waals surface area contributed by atoms with Crippen LogP contribution in [0, 0.1) is 0 Å². The summed E-state index contributed by atoms with van der Waals surface area (Å²) in [6, 6.07) is 4.09. The highest BCUT2D eigenvalue weighted by molar-refractivity contribution is 7.92. The van der Waals surface area contributed by atoms with Crippen LogP contribution in [-0.2, 0) is 9.84 Å². The standard InChI is InChI=1S/C14H20F3N3O3S/c1-3-18-13(19-4-2)20-9-10-23-11-5-7-12(8-6-11)24(21,22)14(15,16)17/h5-8H,3-4,9-10H2,1-2H3,(H2,18,19,20). The molecule has 6 nitrogen and oxygen atoms in total. The molecule has 10 heteroatoms. The summed E-state index contributed by atoms with van der Waals surface area (Å²) in [5.74, 6) is 0.898. The lowest BCUT2D eigenvalue weighted by Gasteiger charge is -2.10. The number of sulfone groups is 1. The summed E-state index contributed by atoms with van der Waals surface area (Å²) in [6.07, 6.45) is 0. The molecule has 0 heterocycles. The Bertz CT molecular complexity index is 635. The maximum absolute atomic E-state index is 12.4. The zero-order valence-corrected chi connectivity index (χ0v) is 14.2. The number of halogens is 3. The molecule has 0 fully saturated rings. The maximum Gasteiger partial charge on any atom is 0.501 e. The zero-order chi connectivity index (χ0) is 18.2. The van der Waals surface area contributed by atoms with E-state index in [1.807, 2.05) is 13.8 Å². The first kappa shape index (κ1) is 20.1. The van der Waals surface area contributed by atoms with Crippen molar-refractivity contribution in [3.8, 4) is 5.75 Å². The van der Waals surface area contributed by atoms with Gasteiger partial charge in [-0.25, -0.2) is 13.4 Å². The van der Waals surface area contributed by atoms with Crippen molar-refractivity contribution in [1.82, 2.24) is 10.6 Å². The molecule has 0 saturated carbocycles. The number of hydrogen-bond donors (Lipinski definition) is 2. The number of guanidine groups is 1. The molecule has 0 unspecified atom stereocenters. The highest BCUT2D eigenvalue weighted by atomic mass is 32.2. The summed E-state index contributed by atoms with van der Waals surface area (Å²) in [7, 11) is -5.34. The Kier molecular flexibility index (Phi) is 7.33. The second-order valence-corrected chi connectivity index (χ2v) is 6.50. The van der Waals surface area contributed by atoms with E-state index in [2.05, 4.69) is 15.6 Å². The predicted molar refractivity (Wildman–Crippen MR) is 84.8 cm³/mol. The fraction of sp³-hybridized carbons (Fsp3) is 0.500. The van der Waals surface area contributed by atoms with Gasteiger partial charge in [0.2, 0.25) is 0 Å². The molecule has 0 aliphatic rings. The molecular formula is C14H20F3N3O3S. The smallest absolute Gasteiger partial charge is 0.492 e. The van der Waals surface area contributed by atoms with Gasteiger partial charge in [-0.15, -0.1) is 0 Å². The van der Waals surface area contributed by atoms with Gasteiger partial charge in [-0.2, -0.15) is 13.2 Å². The van der Waals surface area contributed by atoms with Gasteiger partial charge in [0, 0.05) is 13.1 Å². The Labute approximate surface area is 139 Å². The minimum Gasteiger partial charge on any atom is -0.492 e. The molecule has 0 aliphatic carbocycles. The molecule has 136 valence electrons. The van der Waals surface area contributed by atoms with Crippen LogP contribution in [0.1, 0.15) is 13.8 Å². The molecule has 0 aliphatic heterocycles. The second-order valence-electron chi connectivity index (χ2n) is 4.56. The van der Waals surface area contributed by atoms with E-state index >= 15 is 0 Å². The lowest BCUT2D eigenvalue weighted by molar-refractivity contribution is -0.0436. The van der Waals surface area contributed by atoms with E-state index in [4.69, 9.17) is 4.74 Å². The summed E-state index contributed by atoms with van der Waals surface area (Å²) in [5, 5.41) is 6.06. The topological polar surface area (TPSA) is 79.8 Å². The van der Waals surface area contributed by atoms with Crippen LogP contribution >= 0.6 is 0 Å². The molecule has 0 spiro atoms. The fourth-order valence-electron chi connectivity index (χ4n) is 1.68. The number of alkyl halides is 3. The van der Waals surface area contributed by atoms with Gasteiger partial charge in [-0.05, 0) is 38.1 Å². The van der Waals surface area contributed by atoms with Crippen molar-refractivity contribution in [3.63, 3.8) is 0 Å². The minimum atomic E-state index is -5.34. The van der Waals surface area contributed by atoms with Crippen molar-refractivity contribution in [2.45, 2.75) is 24.3 Å². The highest BCUT2D eigenvalue weighted by Gasteiger charge is 2.46. The van der Waals surface area contributed by atoms with Gasteiger partial charge in [0.25, 0.3) is 9.84 Å². The molecule has 0 atom stereocenters. The van der Waals surface area contributed by atoms with Crippen molar-refractivity contribution < 1.29 is 26.3 Å². The third-order valence-corrected chi connectivity index (χ3v) is 4.26. The molecule has 24 heavy (non-hydrogen) atoms. The van der Waals surface area contributed by atoms with Crippen LogP contribution in [0.25, 0.3) is 0 Å². The lowest BCUT2D eigenvalue weighted by Crippen LogP contribution is -2.37. The molecule has 0 aromatic heterocycles. The number of nitrogens with one attached hydrogen (secondary N) is 2. The van der Waals surface area contributed by atoms with Gasteiger partial charge in [0.1, 0.15) is 12.4 Å². The van der Waals surface area contributed by atoms with Crippen LogP contribution in [0.4, 0.5) is 13.2 Å². The van der Waals surface area contributed by atoms with Gasteiger partial charge in [-0.1, -0.05) is 0 Å². The van der Waals surface area contributed by atoms with Crippen LogP contribution in [0.5, 0.6) is 5.75 Å². The second kappa shape index (κ2) is 8.76. The third-order valence-electron chi connectivity index (χ3n) is 2.76. The molecule has 1 aromatic rings. The average Bonchev–Trinajstić information content (AvgIpc) is 2.51. The summed E-state index contributed by atoms with van der Waals surface area (Å²) in [6.45, 7) is 5.81. The van der Waals surface area contributed by atoms with Crippen molar-refractivity contribution in [3.05, 3.63) is 24.3 Å². The van der Waals surface area contributed by atoms with Crippen LogP contribution in [0.15, 0.2) is 34.2 Å². The van der Waals surface area contributed by atoms with Gasteiger partial charge >= 0.3 is 5.51 Å². The number of ether oxygens (including phenoxy) is 1. The normalized spacial score (nSPS) is 11.7. The number of benzene rings is 1. The molecule has 0 radical (unpaired) electrons. The van der Waals surface area contributed by atoms with Crippen LogP contribution < -0.4 is 15.4 Å². The first-order valence-electron chi connectivity index (χ1n) is 7.28. The lowest BCUT2D eigenvalue weighted by atomic mass is 10.3. The molecule has 0 amide bonds. The van der Waals surface area contributed by atoms with E-state index in [1.165, 1.54) is 12.1 Å². The van der Waals surface area contributed by atoms with Gasteiger partial charge in [0.15, 0.2) is 5.96 Å². The molecule has 0 saturated heterocycles. The largest absolute Gasteiger partial charge is 0.501 e. The molecule has 0 bridgehead atoms. The number of aliphatic imine (C=N–C) groups is 1. The quantitative estimate of drug-likeness (QED) is 0.437. The van der Waals surface area contributed by atoms with Gasteiger partial charge in [0.05, 0.1) is 11.4 Å². The van der Waals surface area contributed by atoms with E-state index < -0.39 is 20.2 Å². The number of hydrogen-bond acceptors (Lipinski definition) is 4. The first-order valence-corrected chi connectivity index (χ1v) is 8.77. The summed E-state index contributed by atoms with van der Waals surface area (Å²) in [4.78, 5) is 3.41. The van der Waals surface area contributed by atoms with Crippen LogP contribution in [0.2, 0.25) is 0 Å². The molecule has 1 aromatic carbocycles. The highest BCUT2D eigenvalue weighted by Crippen LogP contribution is 2.30. The molecular weight excluding hydrogens is 347 g/mol. The SMILES string of the molecule is CCNC(=NCCOc1ccc(S(=O)(=O)C(F)(F)F)cc1)NCC. The number of nitrogens with zero attached hydrogens (tertiary/aromatic N) is 1. The van der Waals surface area contributed by atoms with Crippen molar-refractivity contribution in [2.24, 2.45) is 4.99 Å². The average molecular weight is 367 g/mol. The molecule has 2 N–H and O–H groups in total. The number of rotatable bonds is 7. The predicted octanol–water partition coefficient (Wildman–Crippen LogP) is 1.93. The van der Waals surface area contributed by atoms with E-state index in [0.29, 0.717) is 25.6 Å². The van der Waals surface area contributed by atoms with Crippen LogP contribution in [0.3, 0.4) is 0 Å². The van der Waals surface area contributed by atoms with E-state index in [-0.39, 0.29) is 12.4 Å². The molecule has 1 rings (SSSR count). The van der Waals surface area contributed by atoms with E-state index in [1.54, 1.807) is 0 Å². The van der Waals surface area contributed by atoms with Crippen LogP contribution in [-0.4, -0.2) is 46.1 Å². The Balaban J connectivity index is 2.61. The monoisotopic (exact) mass is 367 g/mol. The minimum absolute atomic E-state index is 0.200. The summed E-state index contributed by atoms with van der Waals surface area (Å²) >= 11 is 0. The summed E-state index contributed by atoms with van der Waals surface area (Å²) < 4.78 is 65.0. The maximum atomic E-state index is 12.4.